The lowest BCUT2D eigenvalue weighted by molar-refractivity contribution is -0.159. The van der Waals surface area contributed by atoms with E-state index in [2.05, 4.69) is 0 Å². The molecule has 140 valence electrons. The van der Waals surface area contributed by atoms with Gasteiger partial charge in [-0.05, 0) is 31.4 Å². The summed E-state index contributed by atoms with van der Waals surface area (Å²) in [6.07, 6.45) is 2.55. The number of ether oxygens (including phenoxy) is 2. The second-order valence-corrected chi connectivity index (χ2v) is 6.91. The lowest BCUT2D eigenvalue weighted by atomic mass is 9.82. The second kappa shape index (κ2) is 8.66. The van der Waals surface area contributed by atoms with Gasteiger partial charge >= 0.3 is 0 Å². The normalized spacial score (nSPS) is 23.1. The molecule has 2 unspecified atom stereocenters. The van der Waals surface area contributed by atoms with Crippen LogP contribution in [0.3, 0.4) is 0 Å². The molecule has 1 aliphatic heterocycles. The summed E-state index contributed by atoms with van der Waals surface area (Å²) >= 11 is 0. The fourth-order valence-corrected chi connectivity index (χ4v) is 3.83. The van der Waals surface area contributed by atoms with E-state index in [1.807, 2.05) is 35.2 Å². The molecule has 2 atom stereocenters. The molecular weight excluding hydrogens is 334 g/mol. The number of ketones is 3. The van der Waals surface area contributed by atoms with Crippen molar-refractivity contribution in [3.05, 3.63) is 35.9 Å². The summed E-state index contributed by atoms with van der Waals surface area (Å²) < 4.78 is 11.3. The number of hydrogen-bond donors (Lipinski definition) is 0. The van der Waals surface area contributed by atoms with E-state index < -0.39 is 23.4 Å². The van der Waals surface area contributed by atoms with Gasteiger partial charge in [-0.15, -0.1) is 0 Å². The minimum Gasteiger partial charge on any atom is -0.385 e. The third kappa shape index (κ3) is 3.92. The van der Waals surface area contributed by atoms with Crippen LogP contribution >= 0.6 is 0 Å². The largest absolute Gasteiger partial charge is 0.385 e. The van der Waals surface area contributed by atoms with E-state index >= 15 is 0 Å². The Balaban J connectivity index is 1.70. The Morgan fingerprint density at radius 3 is 2.54 bits per heavy atom. The molecule has 1 aliphatic carbocycles. The summed E-state index contributed by atoms with van der Waals surface area (Å²) in [5, 5.41) is 0. The van der Waals surface area contributed by atoms with Crippen molar-refractivity contribution in [2.45, 2.75) is 31.4 Å². The van der Waals surface area contributed by atoms with Crippen LogP contribution in [-0.4, -0.2) is 61.7 Å². The van der Waals surface area contributed by atoms with Gasteiger partial charge in [-0.1, -0.05) is 30.3 Å². The van der Waals surface area contributed by atoms with Crippen LogP contribution in [-0.2, 0) is 23.9 Å². The van der Waals surface area contributed by atoms with Crippen molar-refractivity contribution in [1.82, 2.24) is 4.90 Å². The fraction of sp³-hybridized carbons (Fsp3) is 0.550. The number of carbonyl (C=O) groups excluding carboxylic acids is 3. The molecule has 0 radical (unpaired) electrons. The van der Waals surface area contributed by atoms with Crippen molar-refractivity contribution in [2.75, 3.05) is 33.4 Å². The number of carbonyl (C=O) groups is 3. The quantitative estimate of drug-likeness (QED) is 0.399. The van der Waals surface area contributed by atoms with Crippen LogP contribution in [0.25, 0.3) is 0 Å². The molecule has 6 heteroatoms. The SMILES string of the molecule is COCCCOC(c1ccccc1)C1CCCN(C2C(=O)C(=O)C2=O)C1. The van der Waals surface area contributed by atoms with Crippen molar-refractivity contribution >= 4 is 17.3 Å². The minimum absolute atomic E-state index is 0.100. The van der Waals surface area contributed by atoms with E-state index in [0.717, 1.165) is 24.8 Å². The molecule has 0 bridgehead atoms. The first-order valence-electron chi connectivity index (χ1n) is 9.15. The van der Waals surface area contributed by atoms with E-state index in [1.54, 1.807) is 7.11 Å². The highest BCUT2D eigenvalue weighted by molar-refractivity contribution is 6.78. The zero-order valence-electron chi connectivity index (χ0n) is 15.1. The summed E-state index contributed by atoms with van der Waals surface area (Å²) in [5.74, 6) is -1.81. The summed E-state index contributed by atoms with van der Waals surface area (Å²) in [6, 6.07) is 9.16. The number of rotatable bonds is 8. The average molecular weight is 359 g/mol. The average Bonchev–Trinajstić information content (AvgIpc) is 2.69. The maximum absolute atomic E-state index is 11.8. The van der Waals surface area contributed by atoms with E-state index in [1.165, 1.54) is 0 Å². The number of Topliss-reactive ketones (excluding diaryl/α,β-unsaturated/α-hetero) is 3. The van der Waals surface area contributed by atoms with E-state index in [-0.39, 0.29) is 12.0 Å². The summed E-state index contributed by atoms with van der Waals surface area (Å²) in [7, 11) is 1.67. The summed E-state index contributed by atoms with van der Waals surface area (Å²) in [6.45, 7) is 2.48. The van der Waals surface area contributed by atoms with Gasteiger partial charge < -0.3 is 9.47 Å². The number of nitrogens with zero attached hydrogens (tertiary/aromatic N) is 1. The molecule has 1 saturated heterocycles. The minimum atomic E-state index is -0.866. The standard InChI is InChI=1S/C20H25NO5/c1-25-11-6-12-26-20(14-7-3-2-4-8-14)15-9-5-10-21(13-15)16-17(22)19(24)18(16)23/h2-4,7-8,15-16,20H,5-6,9-13H2,1H3. The van der Waals surface area contributed by atoms with Crippen molar-refractivity contribution in [3.63, 3.8) is 0 Å². The Labute approximate surface area is 153 Å². The molecule has 6 nitrogen and oxygen atoms in total. The fourth-order valence-electron chi connectivity index (χ4n) is 3.83. The zero-order valence-corrected chi connectivity index (χ0v) is 15.1. The summed E-state index contributed by atoms with van der Waals surface area (Å²) in [5.41, 5.74) is 1.10. The van der Waals surface area contributed by atoms with Crippen molar-refractivity contribution in [2.24, 2.45) is 5.92 Å². The first-order valence-corrected chi connectivity index (χ1v) is 9.15. The third-order valence-corrected chi connectivity index (χ3v) is 5.15. The topological polar surface area (TPSA) is 72.9 Å². The zero-order chi connectivity index (χ0) is 18.5. The van der Waals surface area contributed by atoms with Crippen LogP contribution in [0.4, 0.5) is 0 Å². The van der Waals surface area contributed by atoms with E-state index in [0.29, 0.717) is 26.3 Å². The molecular formula is C20H25NO5. The van der Waals surface area contributed by atoms with Gasteiger partial charge in [0.2, 0.25) is 11.6 Å². The molecule has 3 rings (SSSR count). The molecule has 2 aliphatic rings. The molecule has 0 spiro atoms. The van der Waals surface area contributed by atoms with Gasteiger partial charge in [-0.25, -0.2) is 0 Å². The Hall–Kier alpha value is -1.89. The number of hydrogen-bond acceptors (Lipinski definition) is 6. The predicted octanol–water partition coefficient (Wildman–Crippen LogP) is 1.58. The maximum atomic E-state index is 11.8. The molecule has 1 aromatic rings. The first-order chi connectivity index (χ1) is 12.6. The van der Waals surface area contributed by atoms with Crippen LogP contribution in [0.15, 0.2) is 30.3 Å². The second-order valence-electron chi connectivity index (χ2n) is 6.91. The van der Waals surface area contributed by atoms with Gasteiger partial charge in [0.05, 0.1) is 6.10 Å². The molecule has 1 aromatic carbocycles. The Morgan fingerprint density at radius 2 is 1.85 bits per heavy atom. The van der Waals surface area contributed by atoms with Gasteiger partial charge in [0, 0.05) is 32.8 Å². The van der Waals surface area contributed by atoms with E-state index in [9.17, 15) is 14.4 Å². The third-order valence-electron chi connectivity index (χ3n) is 5.15. The number of methoxy groups -OCH3 is 1. The van der Waals surface area contributed by atoms with Crippen LogP contribution in [0.1, 0.15) is 30.9 Å². The van der Waals surface area contributed by atoms with Gasteiger partial charge in [-0.2, -0.15) is 0 Å². The molecule has 1 saturated carbocycles. The van der Waals surface area contributed by atoms with Crippen molar-refractivity contribution < 1.29 is 23.9 Å². The molecule has 0 aromatic heterocycles. The van der Waals surface area contributed by atoms with Crippen molar-refractivity contribution in [1.29, 1.82) is 0 Å². The van der Waals surface area contributed by atoms with Crippen molar-refractivity contribution in [3.8, 4) is 0 Å². The Bertz CT molecular complexity index is 641. The Morgan fingerprint density at radius 1 is 1.12 bits per heavy atom. The van der Waals surface area contributed by atoms with Gasteiger partial charge in [-0.3, -0.25) is 19.3 Å². The smallest absolute Gasteiger partial charge is 0.268 e. The monoisotopic (exact) mass is 359 g/mol. The molecule has 0 N–H and O–H groups in total. The predicted molar refractivity (Wildman–Crippen MR) is 94.7 cm³/mol. The number of piperidine rings is 1. The number of likely N-dealkylation sites (tertiary alicyclic amines) is 1. The van der Waals surface area contributed by atoms with Crippen LogP contribution < -0.4 is 0 Å². The molecule has 1 heterocycles. The van der Waals surface area contributed by atoms with Gasteiger partial charge in [0.15, 0.2) is 0 Å². The highest BCUT2D eigenvalue weighted by Gasteiger charge is 2.52. The highest BCUT2D eigenvalue weighted by atomic mass is 16.5. The summed E-state index contributed by atoms with van der Waals surface area (Å²) in [4.78, 5) is 36.8. The molecule has 26 heavy (non-hydrogen) atoms. The first kappa shape index (κ1) is 18.9. The number of benzene rings is 1. The lowest BCUT2D eigenvalue weighted by Crippen LogP contribution is -2.64. The van der Waals surface area contributed by atoms with Crippen LogP contribution in [0.2, 0.25) is 0 Å². The lowest BCUT2D eigenvalue weighted by Gasteiger charge is -2.41. The van der Waals surface area contributed by atoms with Gasteiger partial charge in [0.25, 0.3) is 5.78 Å². The highest BCUT2D eigenvalue weighted by Crippen LogP contribution is 2.34. The van der Waals surface area contributed by atoms with Crippen LogP contribution in [0.5, 0.6) is 0 Å². The van der Waals surface area contributed by atoms with E-state index in [4.69, 9.17) is 9.47 Å². The molecule has 2 fully saturated rings. The molecule has 0 amide bonds. The Kier molecular flexibility index (Phi) is 6.29. The van der Waals surface area contributed by atoms with Gasteiger partial charge in [0.1, 0.15) is 6.04 Å². The van der Waals surface area contributed by atoms with Crippen LogP contribution in [0, 0.1) is 5.92 Å². The maximum Gasteiger partial charge on any atom is 0.268 e.